The lowest BCUT2D eigenvalue weighted by Gasteiger charge is -2.37. The van der Waals surface area contributed by atoms with Crippen LogP contribution in [0.4, 0.5) is 5.82 Å². The lowest BCUT2D eigenvalue weighted by atomic mass is 9.90. The van der Waals surface area contributed by atoms with Gasteiger partial charge in [0.2, 0.25) is 5.91 Å². The second-order valence-corrected chi connectivity index (χ2v) is 7.10. The van der Waals surface area contributed by atoms with Crippen molar-refractivity contribution < 1.29 is 4.79 Å². The number of nitrogens with zero attached hydrogens (tertiary/aromatic N) is 4. The summed E-state index contributed by atoms with van der Waals surface area (Å²) in [5.41, 5.74) is 2.97. The van der Waals surface area contributed by atoms with Crippen LogP contribution in [0.5, 0.6) is 0 Å². The molecule has 1 aromatic heterocycles. The van der Waals surface area contributed by atoms with Gasteiger partial charge in [0, 0.05) is 26.2 Å². The maximum Gasteiger partial charge on any atom is 0.234 e. The topological polar surface area (TPSA) is 49.3 Å². The van der Waals surface area contributed by atoms with Crippen LogP contribution in [0.15, 0.2) is 72.8 Å². The van der Waals surface area contributed by atoms with E-state index in [0.29, 0.717) is 13.1 Å². The quantitative estimate of drug-likeness (QED) is 0.705. The van der Waals surface area contributed by atoms with Crippen LogP contribution in [-0.2, 0) is 4.79 Å². The molecule has 0 radical (unpaired) electrons. The fourth-order valence-corrected chi connectivity index (χ4v) is 3.67. The van der Waals surface area contributed by atoms with Crippen LogP contribution in [0.1, 0.15) is 22.7 Å². The van der Waals surface area contributed by atoms with Crippen LogP contribution in [0.25, 0.3) is 0 Å². The summed E-state index contributed by atoms with van der Waals surface area (Å²) in [6.07, 6.45) is 0. The Balaban J connectivity index is 1.51. The van der Waals surface area contributed by atoms with Crippen molar-refractivity contribution in [2.75, 3.05) is 31.1 Å². The molecule has 2 heterocycles. The van der Waals surface area contributed by atoms with Crippen molar-refractivity contribution >= 4 is 11.7 Å². The number of aryl methyl sites for hydroxylation is 1. The van der Waals surface area contributed by atoms with E-state index in [0.717, 1.165) is 35.7 Å². The third-order valence-electron chi connectivity index (χ3n) is 5.21. The lowest BCUT2D eigenvalue weighted by Crippen LogP contribution is -2.50. The number of anilines is 1. The van der Waals surface area contributed by atoms with E-state index in [9.17, 15) is 4.79 Å². The molecule has 1 aliphatic heterocycles. The summed E-state index contributed by atoms with van der Waals surface area (Å²) in [6.45, 7) is 4.83. The summed E-state index contributed by atoms with van der Waals surface area (Å²) < 4.78 is 0. The first-order valence-electron chi connectivity index (χ1n) is 9.66. The molecule has 5 heteroatoms. The lowest BCUT2D eigenvalue weighted by molar-refractivity contribution is -0.132. The van der Waals surface area contributed by atoms with Crippen LogP contribution in [-0.4, -0.2) is 47.2 Å². The Morgan fingerprint density at radius 2 is 1.36 bits per heavy atom. The second kappa shape index (κ2) is 8.21. The molecule has 0 spiro atoms. The van der Waals surface area contributed by atoms with Gasteiger partial charge in [0.15, 0.2) is 5.82 Å². The van der Waals surface area contributed by atoms with E-state index in [1.807, 2.05) is 84.6 Å². The molecule has 2 aromatic carbocycles. The summed E-state index contributed by atoms with van der Waals surface area (Å²) in [5, 5.41) is 8.42. The van der Waals surface area contributed by atoms with E-state index < -0.39 is 0 Å². The van der Waals surface area contributed by atoms with Gasteiger partial charge in [0.05, 0.1) is 11.6 Å². The van der Waals surface area contributed by atoms with Crippen molar-refractivity contribution in [2.24, 2.45) is 0 Å². The van der Waals surface area contributed by atoms with Gasteiger partial charge in [-0.15, -0.1) is 5.10 Å². The van der Waals surface area contributed by atoms with Gasteiger partial charge in [-0.05, 0) is 30.2 Å². The molecule has 0 saturated carbocycles. The molecule has 0 aliphatic carbocycles. The van der Waals surface area contributed by atoms with Gasteiger partial charge in [-0.1, -0.05) is 60.7 Å². The van der Waals surface area contributed by atoms with Crippen molar-refractivity contribution in [1.29, 1.82) is 0 Å². The van der Waals surface area contributed by atoms with Crippen LogP contribution in [0.2, 0.25) is 0 Å². The normalized spacial score (nSPS) is 14.4. The Kier molecular flexibility index (Phi) is 5.33. The predicted octanol–water partition coefficient (Wildman–Crippen LogP) is 3.27. The molecule has 0 unspecified atom stereocenters. The summed E-state index contributed by atoms with van der Waals surface area (Å²) in [7, 11) is 0. The standard InChI is InChI=1S/C23H24N4O/c1-18-12-13-21(25-24-18)26-14-16-27(17-15-26)23(28)22(19-8-4-2-5-9-19)20-10-6-3-7-11-20/h2-13,22H,14-17H2,1H3. The monoisotopic (exact) mass is 372 g/mol. The Morgan fingerprint density at radius 3 is 1.86 bits per heavy atom. The highest BCUT2D eigenvalue weighted by Gasteiger charge is 2.30. The zero-order chi connectivity index (χ0) is 19.3. The number of hydrogen-bond acceptors (Lipinski definition) is 4. The van der Waals surface area contributed by atoms with Crippen molar-refractivity contribution in [1.82, 2.24) is 15.1 Å². The summed E-state index contributed by atoms with van der Waals surface area (Å²) in [6, 6.07) is 24.0. The maximum absolute atomic E-state index is 13.5. The number of rotatable bonds is 4. The number of carbonyl (C=O) groups excluding carboxylic acids is 1. The highest BCUT2D eigenvalue weighted by Crippen LogP contribution is 2.27. The highest BCUT2D eigenvalue weighted by atomic mass is 16.2. The first-order chi connectivity index (χ1) is 13.7. The second-order valence-electron chi connectivity index (χ2n) is 7.10. The maximum atomic E-state index is 13.5. The van der Waals surface area contributed by atoms with Crippen LogP contribution < -0.4 is 4.90 Å². The molecule has 5 nitrogen and oxygen atoms in total. The number of piperazine rings is 1. The Bertz CT molecular complexity index is 865. The SMILES string of the molecule is Cc1ccc(N2CCN(C(=O)C(c3ccccc3)c3ccccc3)CC2)nn1. The molecule has 3 aromatic rings. The third-order valence-corrected chi connectivity index (χ3v) is 5.21. The number of benzene rings is 2. The van der Waals surface area contributed by atoms with Gasteiger partial charge in [-0.25, -0.2) is 0 Å². The minimum Gasteiger partial charge on any atom is -0.352 e. The van der Waals surface area contributed by atoms with Gasteiger partial charge in [-0.3, -0.25) is 4.79 Å². The molecular weight excluding hydrogens is 348 g/mol. The summed E-state index contributed by atoms with van der Waals surface area (Å²) in [5.74, 6) is 0.764. The van der Waals surface area contributed by atoms with E-state index in [-0.39, 0.29) is 11.8 Å². The number of hydrogen-bond donors (Lipinski definition) is 0. The molecule has 0 atom stereocenters. The Hall–Kier alpha value is -3.21. The third kappa shape index (κ3) is 3.88. The number of amides is 1. The van der Waals surface area contributed by atoms with Gasteiger partial charge in [0.25, 0.3) is 0 Å². The van der Waals surface area contributed by atoms with Gasteiger partial charge in [0.1, 0.15) is 0 Å². The van der Waals surface area contributed by atoms with Crippen molar-refractivity contribution in [3.63, 3.8) is 0 Å². The molecule has 4 rings (SSSR count). The molecular formula is C23H24N4O. The van der Waals surface area contributed by atoms with Crippen LogP contribution >= 0.6 is 0 Å². The molecule has 1 saturated heterocycles. The van der Waals surface area contributed by atoms with Gasteiger partial charge >= 0.3 is 0 Å². The van der Waals surface area contributed by atoms with Crippen molar-refractivity contribution in [3.05, 3.63) is 89.6 Å². The molecule has 142 valence electrons. The molecule has 0 bridgehead atoms. The Morgan fingerprint density at radius 1 is 0.786 bits per heavy atom. The first-order valence-corrected chi connectivity index (χ1v) is 9.66. The molecule has 1 amide bonds. The average molecular weight is 372 g/mol. The fraction of sp³-hybridized carbons (Fsp3) is 0.261. The number of carbonyl (C=O) groups is 1. The van der Waals surface area contributed by atoms with E-state index in [1.54, 1.807) is 0 Å². The van der Waals surface area contributed by atoms with Gasteiger partial charge in [-0.2, -0.15) is 5.10 Å². The van der Waals surface area contributed by atoms with E-state index >= 15 is 0 Å². The average Bonchev–Trinajstić information content (AvgIpc) is 2.76. The van der Waals surface area contributed by atoms with E-state index in [1.165, 1.54) is 0 Å². The molecule has 0 N–H and O–H groups in total. The zero-order valence-electron chi connectivity index (χ0n) is 16.0. The molecule has 28 heavy (non-hydrogen) atoms. The highest BCUT2D eigenvalue weighted by molar-refractivity contribution is 5.87. The minimum atomic E-state index is -0.270. The molecule has 1 aliphatic rings. The van der Waals surface area contributed by atoms with Crippen LogP contribution in [0, 0.1) is 6.92 Å². The smallest absolute Gasteiger partial charge is 0.234 e. The van der Waals surface area contributed by atoms with E-state index in [2.05, 4.69) is 15.1 Å². The van der Waals surface area contributed by atoms with Gasteiger partial charge < -0.3 is 9.80 Å². The predicted molar refractivity (Wildman–Crippen MR) is 110 cm³/mol. The number of aromatic nitrogens is 2. The largest absolute Gasteiger partial charge is 0.352 e. The Labute approximate surface area is 165 Å². The fourth-order valence-electron chi connectivity index (χ4n) is 3.67. The first kappa shape index (κ1) is 18.2. The summed E-state index contributed by atoms with van der Waals surface area (Å²) in [4.78, 5) is 17.6. The summed E-state index contributed by atoms with van der Waals surface area (Å²) >= 11 is 0. The van der Waals surface area contributed by atoms with Crippen LogP contribution in [0.3, 0.4) is 0 Å². The van der Waals surface area contributed by atoms with Crippen molar-refractivity contribution in [2.45, 2.75) is 12.8 Å². The van der Waals surface area contributed by atoms with Crippen molar-refractivity contribution in [3.8, 4) is 0 Å². The minimum absolute atomic E-state index is 0.159. The molecule has 1 fully saturated rings. The zero-order valence-corrected chi connectivity index (χ0v) is 16.0. The van der Waals surface area contributed by atoms with E-state index in [4.69, 9.17) is 0 Å².